The Morgan fingerprint density at radius 1 is 1.29 bits per heavy atom. The zero-order valence-corrected chi connectivity index (χ0v) is 19.7. The van der Waals surface area contributed by atoms with Crippen molar-refractivity contribution in [2.75, 3.05) is 40.0 Å². The molecule has 9 nitrogen and oxygen atoms in total. The fraction of sp³-hybridized carbons (Fsp3) is 0.542. The van der Waals surface area contributed by atoms with Crippen LogP contribution < -0.4 is 4.74 Å². The predicted octanol–water partition coefficient (Wildman–Crippen LogP) is 2.10. The number of aromatic nitrogens is 5. The Hall–Kier alpha value is -2.82. The molecule has 2 unspecified atom stereocenters. The van der Waals surface area contributed by atoms with E-state index in [1.54, 1.807) is 10.9 Å². The Kier molecular flexibility index (Phi) is 6.62. The van der Waals surface area contributed by atoms with Gasteiger partial charge in [-0.15, -0.1) is 0 Å². The second-order valence-electron chi connectivity index (χ2n) is 9.20. The SMILES string of the molecule is COc1ncc(-n2nc(-c3cnn(CC4CCN(CC(C)O)C4)c3)c3c2CCOCC3)cc1F. The topological polar surface area (TPSA) is 90.5 Å². The Bertz CT molecular complexity index is 1140. The number of hydrogen-bond acceptors (Lipinski definition) is 7. The van der Waals surface area contributed by atoms with Crippen molar-refractivity contribution in [1.82, 2.24) is 29.4 Å². The van der Waals surface area contributed by atoms with E-state index in [9.17, 15) is 9.50 Å². The van der Waals surface area contributed by atoms with Crippen LogP contribution in [0.3, 0.4) is 0 Å². The van der Waals surface area contributed by atoms with Crippen molar-refractivity contribution in [1.29, 1.82) is 0 Å². The Morgan fingerprint density at radius 2 is 2.15 bits per heavy atom. The molecule has 0 amide bonds. The zero-order valence-electron chi connectivity index (χ0n) is 19.7. The van der Waals surface area contributed by atoms with Crippen LogP contribution in [0.15, 0.2) is 24.7 Å². The minimum atomic E-state index is -0.523. The zero-order chi connectivity index (χ0) is 23.7. The average molecular weight is 471 g/mol. The number of likely N-dealkylation sites (tertiary alicyclic amines) is 1. The van der Waals surface area contributed by atoms with Crippen molar-refractivity contribution in [2.45, 2.75) is 38.8 Å². The number of pyridine rings is 1. The molecule has 2 aliphatic heterocycles. The Morgan fingerprint density at radius 3 is 2.94 bits per heavy atom. The van der Waals surface area contributed by atoms with E-state index in [4.69, 9.17) is 14.6 Å². The summed E-state index contributed by atoms with van der Waals surface area (Å²) in [6, 6.07) is 1.40. The van der Waals surface area contributed by atoms with Crippen LogP contribution >= 0.6 is 0 Å². The third-order valence-corrected chi connectivity index (χ3v) is 6.54. The molecule has 0 spiro atoms. The van der Waals surface area contributed by atoms with Crippen LogP contribution in [0.1, 0.15) is 24.6 Å². The van der Waals surface area contributed by atoms with E-state index < -0.39 is 5.82 Å². The summed E-state index contributed by atoms with van der Waals surface area (Å²) in [4.78, 5) is 6.40. The van der Waals surface area contributed by atoms with Crippen LogP contribution in [0.25, 0.3) is 16.9 Å². The third kappa shape index (κ3) is 4.70. The molecule has 0 radical (unpaired) electrons. The highest BCUT2D eigenvalue weighted by atomic mass is 19.1. The number of rotatable bonds is 7. The van der Waals surface area contributed by atoms with Crippen LogP contribution in [0.2, 0.25) is 0 Å². The molecule has 1 saturated heterocycles. The van der Waals surface area contributed by atoms with E-state index >= 15 is 0 Å². The smallest absolute Gasteiger partial charge is 0.250 e. The molecule has 5 heterocycles. The highest BCUT2D eigenvalue weighted by molar-refractivity contribution is 5.64. The highest BCUT2D eigenvalue weighted by Gasteiger charge is 2.26. The van der Waals surface area contributed by atoms with E-state index in [0.29, 0.717) is 37.8 Å². The van der Waals surface area contributed by atoms with Gasteiger partial charge in [0.2, 0.25) is 5.88 Å². The first-order chi connectivity index (χ1) is 16.5. The van der Waals surface area contributed by atoms with E-state index in [1.165, 1.54) is 13.2 Å². The summed E-state index contributed by atoms with van der Waals surface area (Å²) >= 11 is 0. The lowest BCUT2D eigenvalue weighted by Gasteiger charge is -2.17. The molecule has 1 fully saturated rings. The molecule has 0 aromatic carbocycles. The second kappa shape index (κ2) is 9.81. The largest absolute Gasteiger partial charge is 0.479 e. The molecule has 2 atom stereocenters. The molecule has 3 aromatic heterocycles. The van der Waals surface area contributed by atoms with Crippen molar-refractivity contribution in [3.63, 3.8) is 0 Å². The van der Waals surface area contributed by atoms with Gasteiger partial charge in [-0.3, -0.25) is 4.68 Å². The normalized spacial score (nSPS) is 19.7. The van der Waals surface area contributed by atoms with Gasteiger partial charge < -0.3 is 19.5 Å². The summed E-state index contributed by atoms with van der Waals surface area (Å²) < 4.78 is 28.8. The third-order valence-electron chi connectivity index (χ3n) is 6.54. The number of halogens is 1. The number of ether oxygens (including phenoxy) is 2. The van der Waals surface area contributed by atoms with Crippen molar-refractivity contribution in [3.8, 4) is 22.8 Å². The standard InChI is InChI=1S/C24H31FN6O3/c1-16(32)12-29-6-3-17(13-29)14-30-15-18(10-27-30)23-20-4-7-34-8-5-22(20)31(28-23)19-9-21(25)24(33-2)26-11-19/h9-11,15-17,32H,3-8,12-14H2,1-2H3. The van der Waals surface area contributed by atoms with Crippen molar-refractivity contribution < 1.29 is 19.0 Å². The van der Waals surface area contributed by atoms with Gasteiger partial charge in [0.1, 0.15) is 0 Å². The summed E-state index contributed by atoms with van der Waals surface area (Å²) in [5.41, 5.74) is 4.47. The quantitative estimate of drug-likeness (QED) is 0.566. The van der Waals surface area contributed by atoms with Gasteiger partial charge in [0, 0.05) is 49.4 Å². The van der Waals surface area contributed by atoms with Gasteiger partial charge in [0.15, 0.2) is 5.82 Å². The van der Waals surface area contributed by atoms with E-state index in [0.717, 1.165) is 55.0 Å². The minimum absolute atomic E-state index is 0.0363. The lowest BCUT2D eigenvalue weighted by molar-refractivity contribution is 0.138. The molecule has 0 aliphatic carbocycles. The molecule has 0 saturated carbocycles. The van der Waals surface area contributed by atoms with Gasteiger partial charge in [0.25, 0.3) is 0 Å². The van der Waals surface area contributed by atoms with Crippen molar-refractivity contribution in [2.24, 2.45) is 5.92 Å². The molecule has 5 rings (SSSR count). The van der Waals surface area contributed by atoms with Crippen molar-refractivity contribution >= 4 is 0 Å². The van der Waals surface area contributed by atoms with E-state index in [-0.39, 0.29) is 12.0 Å². The molecule has 34 heavy (non-hydrogen) atoms. The molecule has 182 valence electrons. The highest BCUT2D eigenvalue weighted by Crippen LogP contribution is 2.31. The average Bonchev–Trinajstić information content (AvgIpc) is 3.49. The number of aliphatic hydroxyl groups excluding tert-OH is 1. The lowest BCUT2D eigenvalue weighted by Crippen LogP contribution is -2.29. The fourth-order valence-electron chi connectivity index (χ4n) is 5.03. The minimum Gasteiger partial charge on any atom is -0.479 e. The molecule has 0 bridgehead atoms. The number of hydrogen-bond donors (Lipinski definition) is 1. The van der Waals surface area contributed by atoms with Crippen molar-refractivity contribution in [3.05, 3.63) is 41.7 Å². The number of methoxy groups -OCH3 is 1. The number of fused-ring (bicyclic) bond motifs is 1. The van der Waals surface area contributed by atoms with Crippen LogP contribution in [-0.2, 0) is 24.1 Å². The first-order valence-corrected chi connectivity index (χ1v) is 11.8. The molecule has 2 aliphatic rings. The fourth-order valence-corrected chi connectivity index (χ4v) is 5.03. The molecular weight excluding hydrogens is 439 g/mol. The van der Waals surface area contributed by atoms with Gasteiger partial charge >= 0.3 is 0 Å². The molecule has 1 N–H and O–H groups in total. The predicted molar refractivity (Wildman–Crippen MR) is 124 cm³/mol. The Balaban J connectivity index is 1.41. The van der Waals surface area contributed by atoms with Crippen LogP contribution in [0.4, 0.5) is 4.39 Å². The maximum Gasteiger partial charge on any atom is 0.250 e. The maximum absolute atomic E-state index is 14.4. The summed E-state index contributed by atoms with van der Waals surface area (Å²) in [7, 11) is 1.40. The molecular formula is C24H31FN6O3. The van der Waals surface area contributed by atoms with E-state index in [2.05, 4.69) is 15.0 Å². The second-order valence-corrected chi connectivity index (χ2v) is 9.20. The maximum atomic E-state index is 14.4. The summed E-state index contributed by atoms with van der Waals surface area (Å²) in [5, 5.41) is 19.2. The van der Waals surface area contributed by atoms with Gasteiger partial charge in [-0.1, -0.05) is 0 Å². The van der Waals surface area contributed by atoms with E-state index in [1.807, 2.05) is 24.0 Å². The van der Waals surface area contributed by atoms with Crippen LogP contribution in [0, 0.1) is 11.7 Å². The summed E-state index contributed by atoms with van der Waals surface area (Å²) in [6.45, 7) is 6.57. The van der Waals surface area contributed by atoms with Gasteiger partial charge in [-0.05, 0) is 32.2 Å². The van der Waals surface area contributed by atoms with Gasteiger partial charge in [-0.2, -0.15) is 10.2 Å². The van der Waals surface area contributed by atoms with Gasteiger partial charge in [-0.25, -0.2) is 14.1 Å². The number of β-amino-alcohol motifs (C(OH)–C–C–N with tert-alkyl or cyclic N) is 1. The first-order valence-electron chi connectivity index (χ1n) is 11.8. The summed E-state index contributed by atoms with van der Waals surface area (Å²) in [5.74, 6) is -0.0571. The van der Waals surface area contributed by atoms with Crippen LogP contribution in [-0.4, -0.2) is 80.6 Å². The first kappa shape index (κ1) is 22.9. The lowest BCUT2D eigenvalue weighted by atomic mass is 10.0. The molecule has 3 aromatic rings. The number of aliphatic hydroxyl groups is 1. The van der Waals surface area contributed by atoms with Crippen LogP contribution in [0.5, 0.6) is 5.88 Å². The Labute approximate surface area is 198 Å². The summed E-state index contributed by atoms with van der Waals surface area (Å²) in [6.07, 6.45) is 7.69. The van der Waals surface area contributed by atoms with Gasteiger partial charge in [0.05, 0.1) is 55.9 Å². The monoisotopic (exact) mass is 470 g/mol. The number of nitrogens with zero attached hydrogens (tertiary/aromatic N) is 6. The molecule has 10 heteroatoms.